The first kappa shape index (κ1) is 20.2. The molecule has 1 unspecified atom stereocenters. The molecule has 0 fully saturated rings. The molecular formula is C17H19ClN2O5S. The van der Waals surface area contributed by atoms with Crippen LogP contribution in [0.4, 0.5) is 0 Å². The van der Waals surface area contributed by atoms with Crippen molar-refractivity contribution in [2.75, 3.05) is 13.1 Å². The Kier molecular flexibility index (Phi) is 6.22. The lowest BCUT2D eigenvalue weighted by Gasteiger charge is -2.26. The van der Waals surface area contributed by atoms with E-state index in [1.54, 1.807) is 24.3 Å². The third kappa shape index (κ3) is 4.14. The standard InChI is InChI=1S/C17H19ClN2O5S/c1-11(17(22)23)20(10-9-19-12(2)21)26(24,25)16-8-7-15(18)13-5-3-4-6-14(13)16/h3-8,11H,9-10H2,1-2H3,(H,19,21)(H,22,23). The summed E-state index contributed by atoms with van der Waals surface area (Å²) < 4.78 is 27.2. The average Bonchev–Trinajstić information content (AvgIpc) is 2.58. The number of hydrogen-bond acceptors (Lipinski definition) is 4. The smallest absolute Gasteiger partial charge is 0.321 e. The van der Waals surface area contributed by atoms with Crippen molar-refractivity contribution in [2.45, 2.75) is 24.8 Å². The fraction of sp³-hybridized carbons (Fsp3) is 0.294. The molecule has 2 aromatic carbocycles. The second-order valence-corrected chi connectivity index (χ2v) is 7.97. The third-order valence-electron chi connectivity index (χ3n) is 3.91. The SMILES string of the molecule is CC(=O)NCCN(C(C)C(=O)O)S(=O)(=O)c1ccc(Cl)c2ccccc12. The molecule has 0 heterocycles. The van der Waals surface area contributed by atoms with Crippen LogP contribution in [-0.2, 0) is 19.6 Å². The number of nitrogens with one attached hydrogen (secondary N) is 1. The molecule has 1 atom stereocenters. The Hall–Kier alpha value is -2.16. The lowest BCUT2D eigenvalue weighted by atomic mass is 10.1. The normalized spacial score (nSPS) is 12.9. The maximum Gasteiger partial charge on any atom is 0.321 e. The summed E-state index contributed by atoms with van der Waals surface area (Å²) in [6.07, 6.45) is 0. The number of carboxylic acid groups (broad SMARTS) is 1. The van der Waals surface area contributed by atoms with E-state index in [9.17, 15) is 23.1 Å². The average molecular weight is 399 g/mol. The number of nitrogens with zero attached hydrogens (tertiary/aromatic N) is 1. The van der Waals surface area contributed by atoms with Gasteiger partial charge in [-0.25, -0.2) is 8.42 Å². The minimum absolute atomic E-state index is 0.00228. The van der Waals surface area contributed by atoms with E-state index in [4.69, 9.17) is 11.6 Å². The second kappa shape index (κ2) is 8.03. The van der Waals surface area contributed by atoms with Gasteiger partial charge < -0.3 is 10.4 Å². The number of rotatable bonds is 7. The van der Waals surface area contributed by atoms with Crippen molar-refractivity contribution < 1.29 is 23.1 Å². The van der Waals surface area contributed by atoms with E-state index in [0.717, 1.165) is 4.31 Å². The maximum absolute atomic E-state index is 13.2. The van der Waals surface area contributed by atoms with Crippen molar-refractivity contribution in [3.05, 3.63) is 41.4 Å². The molecule has 2 rings (SSSR count). The van der Waals surface area contributed by atoms with Crippen LogP contribution in [0, 0.1) is 0 Å². The molecule has 9 heteroatoms. The number of carbonyl (C=O) groups is 2. The number of hydrogen-bond donors (Lipinski definition) is 2. The molecule has 0 spiro atoms. The Balaban J connectivity index is 2.54. The van der Waals surface area contributed by atoms with Gasteiger partial charge in [0.05, 0.1) is 4.90 Å². The summed E-state index contributed by atoms with van der Waals surface area (Å²) >= 11 is 6.14. The summed E-state index contributed by atoms with van der Waals surface area (Å²) in [4.78, 5) is 22.4. The van der Waals surface area contributed by atoms with Crippen molar-refractivity contribution in [3.8, 4) is 0 Å². The molecule has 0 saturated heterocycles. The molecule has 26 heavy (non-hydrogen) atoms. The Morgan fingerprint density at radius 1 is 1.19 bits per heavy atom. The highest BCUT2D eigenvalue weighted by molar-refractivity contribution is 7.89. The van der Waals surface area contributed by atoms with Crippen LogP contribution in [0.2, 0.25) is 5.02 Å². The highest BCUT2D eigenvalue weighted by Gasteiger charge is 2.33. The predicted octanol–water partition coefficient (Wildman–Crippen LogP) is 2.09. The van der Waals surface area contributed by atoms with Gasteiger partial charge in [-0.05, 0) is 19.1 Å². The van der Waals surface area contributed by atoms with E-state index in [2.05, 4.69) is 5.32 Å². The predicted molar refractivity (Wildman–Crippen MR) is 98.6 cm³/mol. The van der Waals surface area contributed by atoms with E-state index < -0.39 is 22.0 Å². The van der Waals surface area contributed by atoms with Crippen LogP contribution in [-0.4, -0.2) is 48.8 Å². The van der Waals surface area contributed by atoms with Crippen LogP contribution >= 0.6 is 11.6 Å². The number of fused-ring (bicyclic) bond motifs is 1. The zero-order valence-electron chi connectivity index (χ0n) is 14.3. The van der Waals surface area contributed by atoms with Crippen LogP contribution in [0.1, 0.15) is 13.8 Å². The van der Waals surface area contributed by atoms with Gasteiger partial charge in [0.2, 0.25) is 15.9 Å². The van der Waals surface area contributed by atoms with Crippen molar-refractivity contribution in [1.82, 2.24) is 9.62 Å². The number of carboxylic acids is 1. The topological polar surface area (TPSA) is 104 Å². The summed E-state index contributed by atoms with van der Waals surface area (Å²) in [7, 11) is -4.14. The molecule has 0 saturated carbocycles. The van der Waals surface area contributed by atoms with Gasteiger partial charge >= 0.3 is 5.97 Å². The Morgan fingerprint density at radius 3 is 2.38 bits per heavy atom. The highest BCUT2D eigenvalue weighted by atomic mass is 35.5. The van der Waals surface area contributed by atoms with Gasteiger partial charge in [-0.3, -0.25) is 9.59 Å². The fourth-order valence-corrected chi connectivity index (χ4v) is 4.59. The molecule has 0 aliphatic heterocycles. The first-order chi connectivity index (χ1) is 12.2. The molecule has 2 N–H and O–H groups in total. The van der Waals surface area contributed by atoms with Crippen molar-refractivity contribution in [1.29, 1.82) is 0 Å². The van der Waals surface area contributed by atoms with Gasteiger partial charge in [0, 0.05) is 35.8 Å². The number of halogens is 1. The van der Waals surface area contributed by atoms with E-state index >= 15 is 0 Å². The molecule has 0 aromatic heterocycles. The van der Waals surface area contributed by atoms with Crippen LogP contribution in [0.25, 0.3) is 10.8 Å². The van der Waals surface area contributed by atoms with Crippen molar-refractivity contribution in [3.63, 3.8) is 0 Å². The second-order valence-electron chi connectivity index (χ2n) is 5.70. The van der Waals surface area contributed by atoms with E-state index in [1.807, 2.05) is 0 Å². The minimum atomic E-state index is -4.14. The maximum atomic E-state index is 13.2. The minimum Gasteiger partial charge on any atom is -0.480 e. The summed E-state index contributed by atoms with van der Waals surface area (Å²) in [5, 5.41) is 13.2. The molecule has 0 radical (unpaired) electrons. The van der Waals surface area contributed by atoms with Gasteiger partial charge in [-0.1, -0.05) is 35.9 Å². The fourth-order valence-electron chi connectivity index (χ4n) is 2.57. The van der Waals surface area contributed by atoms with Gasteiger partial charge in [-0.2, -0.15) is 4.31 Å². The number of aliphatic carboxylic acids is 1. The van der Waals surface area contributed by atoms with Gasteiger partial charge in [0.1, 0.15) is 6.04 Å². The van der Waals surface area contributed by atoms with Crippen molar-refractivity contribution >= 4 is 44.3 Å². The van der Waals surface area contributed by atoms with Crippen LogP contribution < -0.4 is 5.32 Å². The molecule has 0 aliphatic rings. The first-order valence-corrected chi connectivity index (χ1v) is 9.64. The Bertz CT molecular complexity index is 945. The summed E-state index contributed by atoms with van der Waals surface area (Å²) in [5.41, 5.74) is 0. The van der Waals surface area contributed by atoms with E-state index in [0.29, 0.717) is 15.8 Å². The summed E-state index contributed by atoms with van der Waals surface area (Å²) in [5.74, 6) is -1.61. The molecule has 0 aliphatic carbocycles. The van der Waals surface area contributed by atoms with Crippen LogP contribution in [0.3, 0.4) is 0 Å². The zero-order valence-corrected chi connectivity index (χ0v) is 15.8. The number of carbonyl (C=O) groups excluding carboxylic acids is 1. The Morgan fingerprint density at radius 2 is 1.81 bits per heavy atom. The van der Waals surface area contributed by atoms with Crippen LogP contribution in [0.5, 0.6) is 0 Å². The molecule has 7 nitrogen and oxygen atoms in total. The molecule has 0 bridgehead atoms. The Labute approximate surface area is 156 Å². The highest BCUT2D eigenvalue weighted by Crippen LogP contribution is 2.31. The number of sulfonamides is 1. The third-order valence-corrected chi connectivity index (χ3v) is 6.27. The lowest BCUT2D eigenvalue weighted by molar-refractivity contribution is -0.140. The molecule has 140 valence electrons. The first-order valence-electron chi connectivity index (χ1n) is 7.82. The van der Waals surface area contributed by atoms with Gasteiger partial charge in [0.15, 0.2) is 0 Å². The summed E-state index contributed by atoms with van der Waals surface area (Å²) in [6, 6.07) is 8.25. The molecular weight excluding hydrogens is 380 g/mol. The van der Waals surface area contributed by atoms with E-state index in [-0.39, 0.29) is 23.9 Å². The van der Waals surface area contributed by atoms with Gasteiger partial charge in [-0.15, -0.1) is 0 Å². The summed E-state index contributed by atoms with van der Waals surface area (Å²) in [6.45, 7) is 2.40. The van der Waals surface area contributed by atoms with Crippen LogP contribution in [0.15, 0.2) is 41.3 Å². The quantitative estimate of drug-likeness (QED) is 0.743. The largest absolute Gasteiger partial charge is 0.480 e. The zero-order chi connectivity index (χ0) is 19.5. The number of amides is 1. The lowest BCUT2D eigenvalue weighted by Crippen LogP contribution is -2.46. The number of benzene rings is 2. The van der Waals surface area contributed by atoms with E-state index in [1.165, 1.54) is 26.0 Å². The molecule has 2 aromatic rings. The van der Waals surface area contributed by atoms with Gasteiger partial charge in [0.25, 0.3) is 0 Å². The monoisotopic (exact) mass is 398 g/mol. The molecule has 1 amide bonds. The van der Waals surface area contributed by atoms with Crippen molar-refractivity contribution in [2.24, 2.45) is 0 Å².